The zero-order valence-electron chi connectivity index (χ0n) is 5.76. The van der Waals surface area contributed by atoms with E-state index >= 15 is 0 Å². The molecule has 0 aromatic carbocycles. The van der Waals surface area contributed by atoms with Crippen LogP contribution in [0.1, 0.15) is 20.4 Å². The van der Waals surface area contributed by atoms with E-state index in [0.717, 1.165) is 15.6 Å². The van der Waals surface area contributed by atoms with Gasteiger partial charge in [0.25, 0.3) is 5.91 Å². The molecule has 58 valence electrons. The van der Waals surface area contributed by atoms with Crippen LogP contribution >= 0.6 is 11.3 Å². The summed E-state index contributed by atoms with van der Waals surface area (Å²) in [6.45, 7) is 0.982. The summed E-state index contributed by atoms with van der Waals surface area (Å²) in [5, 5.41) is 3.52. The van der Waals surface area contributed by atoms with Gasteiger partial charge in [-0.3, -0.25) is 4.79 Å². The lowest BCUT2D eigenvalue weighted by atomic mass is 10.4. The lowest BCUT2D eigenvalue weighted by Crippen LogP contribution is -2.12. The molecule has 1 amide bonds. The molecule has 1 aromatic heterocycles. The highest BCUT2D eigenvalue weighted by molar-refractivity contribution is 7.13. The molecule has 1 aliphatic heterocycles. The van der Waals surface area contributed by atoms with Gasteiger partial charge in [0.1, 0.15) is 9.88 Å². The van der Waals surface area contributed by atoms with E-state index < -0.39 is 0 Å². The molecule has 1 aliphatic rings. The molecule has 0 aliphatic carbocycles. The number of amides is 1. The van der Waals surface area contributed by atoms with E-state index in [2.05, 4.69) is 10.3 Å². The zero-order valence-corrected chi connectivity index (χ0v) is 6.57. The Kier molecular flexibility index (Phi) is 1.40. The highest BCUT2D eigenvalue weighted by atomic mass is 32.1. The second-order valence-corrected chi connectivity index (χ2v) is 3.35. The summed E-state index contributed by atoms with van der Waals surface area (Å²) in [5.41, 5.74) is 6.22. The molecule has 2 rings (SSSR count). The van der Waals surface area contributed by atoms with Crippen LogP contribution in [0.15, 0.2) is 0 Å². The smallest absolute Gasteiger partial charge is 0.263 e. The molecule has 2 heterocycles. The molecule has 5 heteroatoms. The Hall–Kier alpha value is -0.940. The number of nitrogens with one attached hydrogen (secondary N) is 1. The monoisotopic (exact) mass is 169 g/mol. The Bertz CT molecular complexity index is 307. The molecule has 0 fully saturated rings. The molecule has 0 spiro atoms. The Labute approximate surface area is 67.4 Å². The van der Waals surface area contributed by atoms with Crippen LogP contribution in [0.4, 0.5) is 0 Å². The molecule has 0 saturated heterocycles. The van der Waals surface area contributed by atoms with Crippen LogP contribution in [0.5, 0.6) is 0 Å². The first kappa shape index (κ1) is 6.75. The number of fused-ring (bicyclic) bond motifs is 1. The van der Waals surface area contributed by atoms with Crippen LogP contribution in [0.25, 0.3) is 0 Å². The van der Waals surface area contributed by atoms with Gasteiger partial charge in [-0.25, -0.2) is 4.98 Å². The highest BCUT2D eigenvalue weighted by Crippen LogP contribution is 2.21. The van der Waals surface area contributed by atoms with Crippen molar-refractivity contribution in [2.24, 2.45) is 5.73 Å². The third kappa shape index (κ3) is 0.928. The van der Waals surface area contributed by atoms with E-state index in [9.17, 15) is 4.79 Å². The first-order chi connectivity index (χ1) is 5.31. The van der Waals surface area contributed by atoms with E-state index in [-0.39, 0.29) is 5.91 Å². The van der Waals surface area contributed by atoms with E-state index in [1.807, 2.05) is 0 Å². The molecule has 0 saturated carbocycles. The normalized spacial score (nSPS) is 14.8. The van der Waals surface area contributed by atoms with Gasteiger partial charge in [0.2, 0.25) is 0 Å². The Morgan fingerprint density at radius 2 is 2.55 bits per heavy atom. The average molecular weight is 169 g/mol. The molecule has 4 nitrogen and oxygen atoms in total. The Morgan fingerprint density at radius 3 is 3.18 bits per heavy atom. The third-order valence-electron chi connectivity index (χ3n) is 1.54. The van der Waals surface area contributed by atoms with Crippen molar-refractivity contribution >= 4 is 17.2 Å². The van der Waals surface area contributed by atoms with Crippen LogP contribution in [-0.2, 0) is 13.1 Å². The van der Waals surface area contributed by atoms with Crippen molar-refractivity contribution in [2.75, 3.05) is 0 Å². The molecule has 0 unspecified atom stereocenters. The molecular formula is C6H7N3OS. The van der Waals surface area contributed by atoms with Gasteiger partial charge in [-0.15, -0.1) is 11.3 Å². The van der Waals surface area contributed by atoms with Crippen molar-refractivity contribution in [3.8, 4) is 0 Å². The summed E-state index contributed by atoms with van der Waals surface area (Å²) in [4.78, 5) is 15.9. The Morgan fingerprint density at radius 1 is 1.73 bits per heavy atom. The largest absolute Gasteiger partial charge is 0.346 e. The average Bonchev–Trinajstić information content (AvgIpc) is 2.53. The fourth-order valence-electron chi connectivity index (χ4n) is 1.03. The topological polar surface area (TPSA) is 68.0 Å². The van der Waals surface area contributed by atoms with Gasteiger partial charge in [0, 0.05) is 6.54 Å². The Balaban J connectivity index is 2.46. The van der Waals surface area contributed by atoms with Gasteiger partial charge in [0.15, 0.2) is 0 Å². The predicted octanol–water partition coefficient (Wildman–Crippen LogP) is -0.155. The number of nitrogens with zero attached hydrogens (tertiary/aromatic N) is 1. The van der Waals surface area contributed by atoms with Crippen LogP contribution < -0.4 is 11.1 Å². The standard InChI is InChI=1S/C6H7N3OS/c7-1-4-9-3-2-8-6(10)5(3)11-4/h1-2,7H2,(H,8,10). The maximum atomic E-state index is 11.0. The van der Waals surface area contributed by atoms with Gasteiger partial charge in [0.05, 0.1) is 12.2 Å². The number of rotatable bonds is 1. The molecule has 0 atom stereocenters. The quantitative estimate of drug-likeness (QED) is 0.614. The lowest BCUT2D eigenvalue weighted by Gasteiger charge is -1.88. The number of nitrogens with two attached hydrogens (primary N) is 1. The number of hydrogen-bond donors (Lipinski definition) is 2. The van der Waals surface area contributed by atoms with Crippen molar-refractivity contribution in [1.82, 2.24) is 10.3 Å². The van der Waals surface area contributed by atoms with E-state index in [1.54, 1.807) is 0 Å². The fraction of sp³-hybridized carbons (Fsp3) is 0.333. The van der Waals surface area contributed by atoms with Crippen LogP contribution in [-0.4, -0.2) is 10.9 Å². The SMILES string of the molecule is NCc1nc2c(s1)C(=O)NC2. The van der Waals surface area contributed by atoms with Crippen LogP contribution in [0.2, 0.25) is 0 Å². The molecule has 3 N–H and O–H groups in total. The zero-order chi connectivity index (χ0) is 7.84. The van der Waals surface area contributed by atoms with E-state index in [4.69, 9.17) is 5.73 Å². The number of hydrogen-bond acceptors (Lipinski definition) is 4. The van der Waals surface area contributed by atoms with E-state index in [0.29, 0.717) is 13.1 Å². The minimum atomic E-state index is -0.0165. The van der Waals surface area contributed by atoms with Gasteiger partial charge in [-0.2, -0.15) is 0 Å². The minimum absolute atomic E-state index is 0.0165. The summed E-state index contributed by atoms with van der Waals surface area (Å²) in [5.74, 6) is -0.0165. The lowest BCUT2D eigenvalue weighted by molar-refractivity contribution is 0.0969. The van der Waals surface area contributed by atoms with Crippen molar-refractivity contribution in [1.29, 1.82) is 0 Å². The first-order valence-corrected chi connectivity index (χ1v) is 4.09. The predicted molar refractivity (Wildman–Crippen MR) is 41.2 cm³/mol. The number of carbonyl (C=O) groups excluding carboxylic acids is 1. The van der Waals surface area contributed by atoms with Gasteiger partial charge in [-0.05, 0) is 0 Å². The number of thiazole rings is 1. The maximum Gasteiger partial charge on any atom is 0.263 e. The number of aromatic nitrogens is 1. The van der Waals surface area contributed by atoms with Crippen molar-refractivity contribution in [3.05, 3.63) is 15.6 Å². The minimum Gasteiger partial charge on any atom is -0.346 e. The second kappa shape index (κ2) is 2.28. The van der Waals surface area contributed by atoms with Gasteiger partial charge >= 0.3 is 0 Å². The fourth-order valence-corrected chi connectivity index (χ4v) is 1.90. The highest BCUT2D eigenvalue weighted by Gasteiger charge is 2.23. The van der Waals surface area contributed by atoms with Crippen molar-refractivity contribution in [2.45, 2.75) is 13.1 Å². The van der Waals surface area contributed by atoms with Crippen LogP contribution in [0.3, 0.4) is 0 Å². The van der Waals surface area contributed by atoms with E-state index in [1.165, 1.54) is 11.3 Å². The summed E-state index contributed by atoms with van der Waals surface area (Å²) in [6.07, 6.45) is 0. The first-order valence-electron chi connectivity index (χ1n) is 3.28. The molecule has 11 heavy (non-hydrogen) atoms. The van der Waals surface area contributed by atoms with Crippen molar-refractivity contribution in [3.63, 3.8) is 0 Å². The molecule has 0 bridgehead atoms. The molecule has 0 radical (unpaired) electrons. The summed E-state index contributed by atoms with van der Waals surface area (Å²) >= 11 is 1.38. The summed E-state index contributed by atoms with van der Waals surface area (Å²) in [7, 11) is 0. The van der Waals surface area contributed by atoms with Gasteiger partial charge < -0.3 is 11.1 Å². The summed E-state index contributed by atoms with van der Waals surface area (Å²) in [6, 6.07) is 0. The third-order valence-corrected chi connectivity index (χ3v) is 2.66. The van der Waals surface area contributed by atoms with Crippen LogP contribution in [0, 0.1) is 0 Å². The summed E-state index contributed by atoms with van der Waals surface area (Å²) < 4.78 is 0. The van der Waals surface area contributed by atoms with Crippen molar-refractivity contribution < 1.29 is 4.79 Å². The second-order valence-electron chi connectivity index (χ2n) is 2.27. The number of carbonyl (C=O) groups is 1. The van der Waals surface area contributed by atoms with Gasteiger partial charge in [-0.1, -0.05) is 0 Å². The molecule has 1 aromatic rings. The maximum absolute atomic E-state index is 11.0. The molecular weight excluding hydrogens is 162 g/mol.